The van der Waals surface area contributed by atoms with Gasteiger partial charge in [0.25, 0.3) is 0 Å². The van der Waals surface area contributed by atoms with Crippen molar-refractivity contribution in [2.45, 2.75) is 51.2 Å². The van der Waals surface area contributed by atoms with Crippen molar-refractivity contribution < 1.29 is 9.53 Å². The van der Waals surface area contributed by atoms with Crippen LogP contribution in [0.5, 0.6) is 0 Å². The van der Waals surface area contributed by atoms with Crippen LogP contribution >= 0.6 is 0 Å². The summed E-state index contributed by atoms with van der Waals surface area (Å²) in [6.45, 7) is 4.20. The third-order valence-electron chi connectivity index (χ3n) is 2.45. The van der Waals surface area contributed by atoms with Crippen LogP contribution in [0.2, 0.25) is 0 Å². The smallest absolute Gasteiger partial charge is 0.221 e. The molecule has 1 unspecified atom stereocenters. The van der Waals surface area contributed by atoms with Crippen molar-refractivity contribution in [3.8, 4) is 6.07 Å². The summed E-state index contributed by atoms with van der Waals surface area (Å²) < 4.78 is 5.41. The number of nitriles is 1. The Morgan fingerprint density at radius 3 is 2.93 bits per heavy atom. The van der Waals surface area contributed by atoms with E-state index in [-0.39, 0.29) is 12.0 Å². The molecule has 1 atom stereocenters. The molecule has 1 aliphatic rings. The molecule has 0 aromatic carbocycles. The van der Waals surface area contributed by atoms with Crippen molar-refractivity contribution in [3.05, 3.63) is 0 Å². The topological polar surface area (TPSA) is 62.1 Å². The number of nitrogens with zero attached hydrogens (tertiary/aromatic N) is 1. The first-order chi connectivity index (χ1) is 7.03. The molecule has 1 saturated heterocycles. The van der Waals surface area contributed by atoms with Crippen LogP contribution < -0.4 is 5.32 Å². The van der Waals surface area contributed by atoms with Gasteiger partial charge in [-0.05, 0) is 33.1 Å². The van der Waals surface area contributed by atoms with Gasteiger partial charge in [0.05, 0.1) is 12.2 Å². The predicted octanol–water partition coefficient (Wildman–Crippen LogP) is 1.36. The lowest BCUT2D eigenvalue weighted by Crippen LogP contribution is -2.42. The molecule has 0 aromatic rings. The number of amides is 1. The van der Waals surface area contributed by atoms with E-state index in [0.29, 0.717) is 6.42 Å². The third-order valence-corrected chi connectivity index (χ3v) is 2.45. The second-order valence-corrected chi connectivity index (χ2v) is 4.46. The van der Waals surface area contributed by atoms with Crippen molar-refractivity contribution in [1.29, 1.82) is 5.26 Å². The van der Waals surface area contributed by atoms with Gasteiger partial charge < -0.3 is 10.1 Å². The van der Waals surface area contributed by atoms with Gasteiger partial charge in [-0.3, -0.25) is 4.79 Å². The molecule has 0 saturated carbocycles. The van der Waals surface area contributed by atoms with Crippen molar-refractivity contribution in [2.24, 2.45) is 0 Å². The lowest BCUT2D eigenvalue weighted by molar-refractivity contribution is -0.122. The average molecular weight is 210 g/mol. The maximum atomic E-state index is 11.5. The van der Waals surface area contributed by atoms with Gasteiger partial charge in [-0.2, -0.15) is 5.26 Å². The molecular weight excluding hydrogens is 192 g/mol. The predicted molar refractivity (Wildman–Crippen MR) is 56.0 cm³/mol. The van der Waals surface area contributed by atoms with Crippen molar-refractivity contribution in [2.75, 3.05) is 6.61 Å². The summed E-state index contributed by atoms with van der Waals surface area (Å²) in [7, 11) is 0. The first kappa shape index (κ1) is 12.0. The van der Waals surface area contributed by atoms with E-state index in [0.717, 1.165) is 25.9 Å². The molecule has 1 amide bonds. The molecule has 15 heavy (non-hydrogen) atoms. The molecule has 0 aliphatic carbocycles. The van der Waals surface area contributed by atoms with E-state index >= 15 is 0 Å². The van der Waals surface area contributed by atoms with Crippen molar-refractivity contribution >= 4 is 5.91 Å². The van der Waals surface area contributed by atoms with Crippen LogP contribution in [0.4, 0.5) is 0 Å². The van der Waals surface area contributed by atoms with E-state index in [9.17, 15) is 4.79 Å². The minimum absolute atomic E-state index is 0.0722. The summed E-state index contributed by atoms with van der Waals surface area (Å²) >= 11 is 0. The molecule has 0 aromatic heterocycles. The number of carbonyl (C=O) groups is 1. The Bertz CT molecular complexity index is 262. The molecule has 1 aliphatic heterocycles. The molecule has 0 spiro atoms. The SMILES string of the molecule is CC(C)(C#N)NC(=O)CCC1CCCO1. The van der Waals surface area contributed by atoms with Crippen LogP contribution in [0.25, 0.3) is 0 Å². The van der Waals surface area contributed by atoms with E-state index in [1.807, 2.05) is 6.07 Å². The van der Waals surface area contributed by atoms with Crippen molar-refractivity contribution in [1.82, 2.24) is 5.32 Å². The molecule has 0 radical (unpaired) electrons. The molecule has 4 nitrogen and oxygen atoms in total. The monoisotopic (exact) mass is 210 g/mol. The molecule has 1 N–H and O–H groups in total. The standard InChI is InChI=1S/C11H18N2O2/c1-11(2,8-12)13-10(14)6-5-9-4-3-7-15-9/h9H,3-7H2,1-2H3,(H,13,14). The fraction of sp³-hybridized carbons (Fsp3) is 0.818. The largest absolute Gasteiger partial charge is 0.378 e. The highest BCUT2D eigenvalue weighted by Crippen LogP contribution is 2.16. The second kappa shape index (κ2) is 5.13. The summed E-state index contributed by atoms with van der Waals surface area (Å²) in [5, 5.41) is 11.4. The normalized spacial score (nSPS) is 21.0. The molecule has 1 fully saturated rings. The Labute approximate surface area is 90.6 Å². The Morgan fingerprint density at radius 1 is 1.67 bits per heavy atom. The van der Waals surface area contributed by atoms with Gasteiger partial charge in [0.1, 0.15) is 5.54 Å². The summed E-state index contributed by atoms with van der Waals surface area (Å²) in [6.07, 6.45) is 3.58. The number of nitrogens with one attached hydrogen (secondary N) is 1. The fourth-order valence-electron chi connectivity index (χ4n) is 1.60. The first-order valence-electron chi connectivity index (χ1n) is 5.37. The Morgan fingerprint density at radius 2 is 2.40 bits per heavy atom. The highest BCUT2D eigenvalue weighted by Gasteiger charge is 2.21. The van der Waals surface area contributed by atoms with Gasteiger partial charge in [0.2, 0.25) is 5.91 Å². The number of carbonyl (C=O) groups excluding carboxylic acids is 1. The Hall–Kier alpha value is -1.08. The molecule has 1 rings (SSSR count). The number of ether oxygens (including phenoxy) is 1. The molecule has 84 valence electrons. The van der Waals surface area contributed by atoms with E-state index < -0.39 is 5.54 Å². The molecule has 1 heterocycles. The zero-order valence-corrected chi connectivity index (χ0v) is 9.38. The van der Waals surface area contributed by atoms with Crippen LogP contribution in [-0.4, -0.2) is 24.2 Å². The molecular formula is C11H18N2O2. The number of hydrogen-bond donors (Lipinski definition) is 1. The molecule has 4 heteroatoms. The maximum absolute atomic E-state index is 11.5. The summed E-state index contributed by atoms with van der Waals surface area (Å²) in [5.41, 5.74) is -0.770. The summed E-state index contributed by atoms with van der Waals surface area (Å²) in [5.74, 6) is -0.0722. The van der Waals surface area contributed by atoms with Crippen LogP contribution in [0, 0.1) is 11.3 Å². The quantitative estimate of drug-likeness (QED) is 0.762. The number of hydrogen-bond acceptors (Lipinski definition) is 3. The van der Waals surface area contributed by atoms with E-state index in [4.69, 9.17) is 10.00 Å². The van der Waals surface area contributed by atoms with Gasteiger partial charge in [-0.15, -0.1) is 0 Å². The van der Waals surface area contributed by atoms with E-state index in [2.05, 4.69) is 5.32 Å². The zero-order valence-electron chi connectivity index (χ0n) is 9.38. The first-order valence-corrected chi connectivity index (χ1v) is 5.37. The van der Waals surface area contributed by atoms with Gasteiger partial charge in [-0.25, -0.2) is 0 Å². The van der Waals surface area contributed by atoms with E-state index in [1.54, 1.807) is 13.8 Å². The Kier molecular flexibility index (Phi) is 4.10. The fourth-order valence-corrected chi connectivity index (χ4v) is 1.60. The third kappa shape index (κ3) is 4.30. The van der Waals surface area contributed by atoms with Crippen LogP contribution in [0.3, 0.4) is 0 Å². The van der Waals surface area contributed by atoms with Gasteiger partial charge >= 0.3 is 0 Å². The summed E-state index contributed by atoms with van der Waals surface area (Å²) in [6, 6.07) is 2.04. The highest BCUT2D eigenvalue weighted by molar-refractivity contribution is 5.77. The summed E-state index contributed by atoms with van der Waals surface area (Å²) in [4.78, 5) is 11.5. The van der Waals surface area contributed by atoms with Crippen LogP contribution in [0.15, 0.2) is 0 Å². The maximum Gasteiger partial charge on any atom is 0.221 e. The average Bonchev–Trinajstić information content (AvgIpc) is 2.66. The second-order valence-electron chi connectivity index (χ2n) is 4.46. The van der Waals surface area contributed by atoms with Gasteiger partial charge in [0.15, 0.2) is 0 Å². The molecule has 0 bridgehead atoms. The Balaban J connectivity index is 2.21. The number of rotatable bonds is 4. The highest BCUT2D eigenvalue weighted by atomic mass is 16.5. The zero-order chi connectivity index (χ0) is 11.3. The minimum Gasteiger partial charge on any atom is -0.378 e. The van der Waals surface area contributed by atoms with Crippen LogP contribution in [-0.2, 0) is 9.53 Å². The van der Waals surface area contributed by atoms with Gasteiger partial charge in [0, 0.05) is 13.0 Å². The van der Waals surface area contributed by atoms with Crippen molar-refractivity contribution in [3.63, 3.8) is 0 Å². The lowest BCUT2D eigenvalue weighted by atomic mass is 10.1. The lowest BCUT2D eigenvalue weighted by Gasteiger charge is -2.18. The minimum atomic E-state index is -0.770. The van der Waals surface area contributed by atoms with Gasteiger partial charge in [-0.1, -0.05) is 0 Å². The van der Waals surface area contributed by atoms with E-state index in [1.165, 1.54) is 0 Å². The van der Waals surface area contributed by atoms with Crippen LogP contribution in [0.1, 0.15) is 39.5 Å².